The number of aromatic nitrogens is 3. The van der Waals surface area contributed by atoms with Gasteiger partial charge < -0.3 is 0 Å². The van der Waals surface area contributed by atoms with Crippen LogP contribution >= 0.6 is 22.9 Å². The van der Waals surface area contributed by atoms with E-state index in [0.717, 1.165) is 34.3 Å². The van der Waals surface area contributed by atoms with Gasteiger partial charge >= 0.3 is 0 Å². The van der Waals surface area contributed by atoms with Gasteiger partial charge in [0.15, 0.2) is 0 Å². The number of halogens is 1. The highest BCUT2D eigenvalue weighted by atomic mass is 35.5. The molecule has 1 N–H and O–H groups in total. The van der Waals surface area contributed by atoms with E-state index < -0.39 is 0 Å². The van der Waals surface area contributed by atoms with E-state index in [9.17, 15) is 4.79 Å². The Labute approximate surface area is 177 Å². The smallest absolute Gasteiger partial charge is 0.282 e. The molecule has 0 bridgehead atoms. The molecule has 0 spiro atoms. The van der Waals surface area contributed by atoms with Crippen molar-refractivity contribution in [1.82, 2.24) is 14.8 Å². The van der Waals surface area contributed by atoms with Crippen molar-refractivity contribution in [2.75, 3.05) is 0 Å². The number of H-pyrrole nitrogens is 1. The lowest BCUT2D eigenvalue weighted by molar-refractivity contribution is 0.790. The Hall–Kier alpha value is -2.70. The lowest BCUT2D eigenvalue weighted by Crippen LogP contribution is -2.19. The predicted molar refractivity (Wildman–Crippen MR) is 121 cm³/mol. The number of aliphatic imine (C=N–C) groups is 1. The lowest BCUT2D eigenvalue weighted by atomic mass is 10.1. The zero-order valence-corrected chi connectivity index (χ0v) is 17.8. The van der Waals surface area contributed by atoms with Crippen molar-refractivity contribution >= 4 is 38.9 Å². The second-order valence-corrected chi connectivity index (χ2v) is 8.23. The molecule has 2 heterocycles. The molecule has 29 heavy (non-hydrogen) atoms. The van der Waals surface area contributed by atoms with Gasteiger partial charge in [0, 0.05) is 16.4 Å². The normalized spacial score (nSPS) is 12.0. The number of hydrogen-bond donors (Lipinski definition) is 1. The van der Waals surface area contributed by atoms with Gasteiger partial charge in [-0.25, -0.2) is 4.98 Å². The molecule has 5 nitrogen and oxygen atoms in total. The van der Waals surface area contributed by atoms with E-state index in [1.165, 1.54) is 11.3 Å². The number of thiazole rings is 1. The van der Waals surface area contributed by atoms with Gasteiger partial charge in [0.1, 0.15) is 0 Å². The van der Waals surface area contributed by atoms with Crippen molar-refractivity contribution in [3.8, 4) is 5.13 Å². The molecule has 4 rings (SSSR count). The minimum Gasteiger partial charge on any atom is -0.292 e. The number of para-hydroxylation sites is 1. The average Bonchev–Trinajstić information content (AvgIpc) is 3.28. The largest absolute Gasteiger partial charge is 0.292 e. The van der Waals surface area contributed by atoms with Crippen LogP contribution in [-0.2, 0) is 13.0 Å². The summed E-state index contributed by atoms with van der Waals surface area (Å²) >= 11 is 7.73. The molecule has 0 aliphatic rings. The highest BCUT2D eigenvalue weighted by molar-refractivity contribution is 7.20. The zero-order chi connectivity index (χ0) is 20.4. The summed E-state index contributed by atoms with van der Waals surface area (Å²) in [5, 5.41) is 4.58. The third-order valence-corrected chi connectivity index (χ3v) is 6.14. The van der Waals surface area contributed by atoms with Crippen molar-refractivity contribution in [3.63, 3.8) is 0 Å². The number of aryl methyl sites for hydroxylation is 1. The van der Waals surface area contributed by atoms with Gasteiger partial charge in [-0.3, -0.25) is 14.9 Å². The Morgan fingerprint density at radius 3 is 2.72 bits per heavy atom. The first kappa shape index (κ1) is 19.6. The van der Waals surface area contributed by atoms with E-state index >= 15 is 0 Å². The van der Waals surface area contributed by atoms with Crippen LogP contribution in [0.2, 0.25) is 5.02 Å². The highest BCUT2D eigenvalue weighted by Crippen LogP contribution is 2.24. The van der Waals surface area contributed by atoms with Crippen LogP contribution in [0.25, 0.3) is 15.3 Å². The zero-order valence-electron chi connectivity index (χ0n) is 16.3. The molecule has 0 aliphatic carbocycles. The maximum absolute atomic E-state index is 13.3. The van der Waals surface area contributed by atoms with Gasteiger partial charge in [-0.2, -0.15) is 4.68 Å². The van der Waals surface area contributed by atoms with E-state index in [2.05, 4.69) is 22.0 Å². The van der Waals surface area contributed by atoms with Crippen molar-refractivity contribution < 1.29 is 0 Å². The Morgan fingerprint density at radius 1 is 1.21 bits per heavy atom. The first-order valence-electron chi connectivity index (χ1n) is 9.53. The van der Waals surface area contributed by atoms with Crippen molar-refractivity contribution in [2.24, 2.45) is 4.99 Å². The molecule has 2 aromatic carbocycles. The fraction of sp³-hybridized carbons (Fsp3) is 0.227. The summed E-state index contributed by atoms with van der Waals surface area (Å²) in [6.45, 7) is 4.40. The average molecular weight is 425 g/mol. The van der Waals surface area contributed by atoms with E-state index in [1.807, 2.05) is 55.5 Å². The Balaban J connectivity index is 1.75. The predicted octanol–water partition coefficient (Wildman–Crippen LogP) is 5.39. The van der Waals surface area contributed by atoms with Gasteiger partial charge in [-0.1, -0.05) is 66.6 Å². The molecular weight excluding hydrogens is 404 g/mol. The van der Waals surface area contributed by atoms with Crippen LogP contribution in [0.5, 0.6) is 0 Å². The van der Waals surface area contributed by atoms with Crippen LogP contribution < -0.4 is 5.56 Å². The van der Waals surface area contributed by atoms with Crippen LogP contribution in [0.15, 0.2) is 58.3 Å². The molecule has 4 aromatic rings. The Bertz CT molecular complexity index is 1220. The third-order valence-electron chi connectivity index (χ3n) is 4.75. The van der Waals surface area contributed by atoms with Crippen LogP contribution in [0.1, 0.15) is 37.1 Å². The maximum atomic E-state index is 13.3. The standard InChI is InChI=1S/C22H21ClN4OS/c1-3-8-18-20(14(2)24-13-15-9-4-5-10-16(15)23)21(28)27(26-18)22-25-17-11-6-7-12-19(17)29-22/h4-7,9-12,26H,3,8,13H2,1-2H3. The number of rotatable bonds is 6. The summed E-state index contributed by atoms with van der Waals surface area (Å²) in [5.74, 6) is 0. The number of nitrogens with zero attached hydrogens (tertiary/aromatic N) is 3. The van der Waals surface area contributed by atoms with Crippen LogP contribution in [0, 0.1) is 0 Å². The number of benzene rings is 2. The molecule has 7 heteroatoms. The summed E-state index contributed by atoms with van der Waals surface area (Å²) < 4.78 is 2.59. The van der Waals surface area contributed by atoms with Gasteiger partial charge in [0.2, 0.25) is 5.13 Å². The second kappa shape index (κ2) is 8.35. The van der Waals surface area contributed by atoms with E-state index in [0.29, 0.717) is 28.0 Å². The SMILES string of the molecule is CCCc1[nH]n(-c2nc3ccccc3s2)c(=O)c1C(C)=NCc1ccccc1Cl. The summed E-state index contributed by atoms with van der Waals surface area (Å²) in [6, 6.07) is 15.5. The van der Waals surface area contributed by atoms with E-state index in [-0.39, 0.29) is 5.56 Å². The van der Waals surface area contributed by atoms with Crippen LogP contribution in [-0.4, -0.2) is 20.5 Å². The number of aromatic amines is 1. The molecule has 0 fully saturated rings. The molecule has 0 atom stereocenters. The maximum Gasteiger partial charge on any atom is 0.282 e. The first-order chi connectivity index (χ1) is 14.1. The summed E-state index contributed by atoms with van der Waals surface area (Å²) in [5.41, 5.74) is 3.92. The highest BCUT2D eigenvalue weighted by Gasteiger charge is 2.19. The quantitative estimate of drug-likeness (QED) is 0.422. The minimum atomic E-state index is -0.118. The lowest BCUT2D eigenvalue weighted by Gasteiger charge is -2.03. The van der Waals surface area contributed by atoms with Crippen molar-refractivity contribution in [1.29, 1.82) is 0 Å². The molecule has 0 amide bonds. The van der Waals surface area contributed by atoms with E-state index in [1.54, 1.807) is 4.68 Å². The summed E-state index contributed by atoms with van der Waals surface area (Å²) in [7, 11) is 0. The molecule has 0 aliphatic heterocycles. The molecule has 0 unspecified atom stereocenters. The van der Waals surface area contributed by atoms with Crippen LogP contribution in [0.4, 0.5) is 0 Å². The van der Waals surface area contributed by atoms with E-state index in [4.69, 9.17) is 11.6 Å². The fourth-order valence-corrected chi connectivity index (χ4v) is 4.41. The van der Waals surface area contributed by atoms with Crippen molar-refractivity contribution in [2.45, 2.75) is 33.2 Å². The van der Waals surface area contributed by atoms with Gasteiger partial charge in [-0.05, 0) is 37.1 Å². The number of hydrogen-bond acceptors (Lipinski definition) is 4. The second-order valence-electron chi connectivity index (χ2n) is 6.81. The molecular formula is C22H21ClN4OS. The first-order valence-corrected chi connectivity index (χ1v) is 10.7. The van der Waals surface area contributed by atoms with Gasteiger partial charge in [0.25, 0.3) is 5.56 Å². The topological polar surface area (TPSA) is 63.0 Å². The molecule has 2 aromatic heterocycles. The van der Waals surface area contributed by atoms with Crippen molar-refractivity contribution in [3.05, 3.63) is 80.7 Å². The Kier molecular flexibility index (Phi) is 5.65. The number of fused-ring (bicyclic) bond motifs is 1. The molecule has 0 saturated heterocycles. The molecule has 0 saturated carbocycles. The summed E-state index contributed by atoms with van der Waals surface area (Å²) in [6.07, 6.45) is 1.69. The number of nitrogens with one attached hydrogen (secondary N) is 1. The summed E-state index contributed by atoms with van der Waals surface area (Å²) in [4.78, 5) is 22.5. The fourth-order valence-electron chi connectivity index (χ4n) is 3.29. The van der Waals surface area contributed by atoms with Crippen LogP contribution in [0.3, 0.4) is 0 Å². The molecule has 0 radical (unpaired) electrons. The van der Waals surface area contributed by atoms with Gasteiger partial charge in [0.05, 0.1) is 22.3 Å². The van der Waals surface area contributed by atoms with Gasteiger partial charge in [-0.15, -0.1) is 0 Å². The molecule has 148 valence electrons. The minimum absolute atomic E-state index is 0.118. The monoisotopic (exact) mass is 424 g/mol. The Morgan fingerprint density at radius 2 is 1.97 bits per heavy atom. The third kappa shape index (κ3) is 3.91.